The summed E-state index contributed by atoms with van der Waals surface area (Å²) in [7, 11) is -3.37. The third-order valence-corrected chi connectivity index (χ3v) is 6.26. The number of hydrogen-bond donors (Lipinski definition) is 1. The van der Waals surface area contributed by atoms with Crippen molar-refractivity contribution in [1.82, 2.24) is 4.31 Å². The van der Waals surface area contributed by atoms with Crippen LogP contribution in [0.4, 0.5) is 0 Å². The Kier molecular flexibility index (Phi) is 4.55. The topological polar surface area (TPSA) is 63.4 Å². The van der Waals surface area contributed by atoms with Gasteiger partial charge in [-0.15, -0.1) is 0 Å². The van der Waals surface area contributed by atoms with Gasteiger partial charge >= 0.3 is 0 Å². The molecule has 106 valence electrons. The molecule has 4 nitrogen and oxygen atoms in total. The normalized spacial score (nSPS) is 25.4. The molecular formula is C13H20N2O2S2. The zero-order valence-electron chi connectivity index (χ0n) is 11.2. The molecule has 6 heteroatoms. The number of rotatable bonds is 3. The lowest BCUT2D eigenvalue weighted by Gasteiger charge is -2.33. The molecule has 0 aliphatic carbocycles. The molecule has 1 fully saturated rings. The second kappa shape index (κ2) is 5.83. The number of sulfonamides is 1. The first-order chi connectivity index (χ1) is 8.93. The maximum absolute atomic E-state index is 12.6. The van der Waals surface area contributed by atoms with Crippen LogP contribution in [0.1, 0.15) is 19.4 Å². The number of thioether (sulfide) groups is 1. The van der Waals surface area contributed by atoms with Gasteiger partial charge in [0.05, 0.1) is 4.90 Å². The molecule has 0 bridgehead atoms. The average Bonchev–Trinajstić information content (AvgIpc) is 2.37. The smallest absolute Gasteiger partial charge is 0.243 e. The summed E-state index contributed by atoms with van der Waals surface area (Å²) in [5.41, 5.74) is 6.47. The summed E-state index contributed by atoms with van der Waals surface area (Å²) in [6.07, 6.45) is 0. The first kappa shape index (κ1) is 14.8. The maximum atomic E-state index is 12.6. The molecule has 1 aromatic carbocycles. The molecule has 1 heterocycles. The van der Waals surface area contributed by atoms with Gasteiger partial charge in [0.1, 0.15) is 0 Å². The second-order valence-electron chi connectivity index (χ2n) is 4.93. The van der Waals surface area contributed by atoms with Crippen LogP contribution >= 0.6 is 11.8 Å². The SMILES string of the molecule is CC1CN(S(=O)(=O)c2ccc(CN)cc2)CC(C)S1. The number of benzene rings is 1. The van der Waals surface area contributed by atoms with Gasteiger partial charge in [-0.1, -0.05) is 26.0 Å². The third kappa shape index (κ3) is 3.31. The zero-order valence-corrected chi connectivity index (χ0v) is 12.9. The Morgan fingerprint density at radius 1 is 1.21 bits per heavy atom. The van der Waals surface area contributed by atoms with Gasteiger partial charge in [0.25, 0.3) is 0 Å². The summed E-state index contributed by atoms with van der Waals surface area (Å²) in [4.78, 5) is 0.357. The molecule has 19 heavy (non-hydrogen) atoms. The van der Waals surface area contributed by atoms with Crippen molar-refractivity contribution in [3.05, 3.63) is 29.8 Å². The van der Waals surface area contributed by atoms with Gasteiger partial charge < -0.3 is 5.73 Å². The lowest BCUT2D eigenvalue weighted by molar-refractivity contribution is 0.405. The van der Waals surface area contributed by atoms with Crippen molar-refractivity contribution in [2.24, 2.45) is 5.73 Å². The minimum Gasteiger partial charge on any atom is -0.326 e. The van der Waals surface area contributed by atoms with E-state index in [0.29, 0.717) is 35.0 Å². The summed E-state index contributed by atoms with van der Waals surface area (Å²) >= 11 is 1.84. The number of nitrogens with two attached hydrogens (primary N) is 1. The van der Waals surface area contributed by atoms with E-state index in [2.05, 4.69) is 13.8 Å². The fourth-order valence-corrected chi connectivity index (χ4v) is 5.41. The van der Waals surface area contributed by atoms with E-state index in [0.717, 1.165) is 5.56 Å². The fraction of sp³-hybridized carbons (Fsp3) is 0.538. The van der Waals surface area contributed by atoms with Crippen LogP contribution in [0.5, 0.6) is 0 Å². The van der Waals surface area contributed by atoms with Crippen LogP contribution in [0.3, 0.4) is 0 Å². The molecule has 2 atom stereocenters. The van der Waals surface area contributed by atoms with E-state index in [4.69, 9.17) is 5.73 Å². The minimum atomic E-state index is -3.37. The minimum absolute atomic E-state index is 0.335. The van der Waals surface area contributed by atoms with Gasteiger partial charge in [-0.05, 0) is 17.7 Å². The zero-order chi connectivity index (χ0) is 14.0. The van der Waals surface area contributed by atoms with Crippen LogP contribution in [0, 0.1) is 0 Å². The molecule has 1 aliphatic rings. The number of nitrogens with zero attached hydrogens (tertiary/aromatic N) is 1. The van der Waals surface area contributed by atoms with E-state index in [1.165, 1.54) is 0 Å². The Bertz CT molecular complexity index is 518. The van der Waals surface area contributed by atoms with Crippen molar-refractivity contribution in [3.63, 3.8) is 0 Å². The highest BCUT2D eigenvalue weighted by atomic mass is 32.2. The monoisotopic (exact) mass is 300 g/mol. The van der Waals surface area contributed by atoms with Gasteiger partial charge in [0, 0.05) is 30.1 Å². The lowest BCUT2D eigenvalue weighted by Crippen LogP contribution is -2.43. The maximum Gasteiger partial charge on any atom is 0.243 e. The van der Waals surface area contributed by atoms with Crippen molar-refractivity contribution in [2.45, 2.75) is 35.8 Å². The standard InChI is InChI=1S/C13H20N2O2S2/c1-10-8-15(9-11(2)18-10)19(16,17)13-5-3-12(7-14)4-6-13/h3-6,10-11H,7-9,14H2,1-2H3. The van der Waals surface area contributed by atoms with Crippen LogP contribution in [-0.2, 0) is 16.6 Å². The molecule has 1 aromatic rings. The van der Waals surface area contributed by atoms with Crippen molar-refractivity contribution in [2.75, 3.05) is 13.1 Å². The Labute approximate surface area is 119 Å². The average molecular weight is 300 g/mol. The quantitative estimate of drug-likeness (QED) is 0.922. The molecule has 0 radical (unpaired) electrons. The van der Waals surface area contributed by atoms with Crippen molar-refractivity contribution in [3.8, 4) is 0 Å². The molecule has 1 aliphatic heterocycles. The van der Waals surface area contributed by atoms with Crippen LogP contribution in [0.2, 0.25) is 0 Å². The van der Waals surface area contributed by atoms with Gasteiger partial charge in [-0.2, -0.15) is 16.1 Å². The highest BCUT2D eigenvalue weighted by Crippen LogP contribution is 2.28. The van der Waals surface area contributed by atoms with Crippen LogP contribution < -0.4 is 5.73 Å². The van der Waals surface area contributed by atoms with Crippen molar-refractivity contribution >= 4 is 21.8 Å². The van der Waals surface area contributed by atoms with Gasteiger partial charge in [0.15, 0.2) is 0 Å². The van der Waals surface area contributed by atoms with E-state index >= 15 is 0 Å². The van der Waals surface area contributed by atoms with Gasteiger partial charge in [-0.3, -0.25) is 0 Å². The summed E-state index contributed by atoms with van der Waals surface area (Å²) in [5.74, 6) is 0. The lowest BCUT2D eigenvalue weighted by atomic mass is 10.2. The summed E-state index contributed by atoms with van der Waals surface area (Å²) in [6.45, 7) is 5.72. The predicted octanol–water partition coefficient (Wildman–Crippen LogP) is 1.66. The molecule has 2 rings (SSSR count). The van der Waals surface area contributed by atoms with Crippen LogP contribution in [-0.4, -0.2) is 36.3 Å². The predicted molar refractivity (Wildman–Crippen MR) is 79.6 cm³/mol. The molecule has 2 N–H and O–H groups in total. The first-order valence-electron chi connectivity index (χ1n) is 6.38. The van der Waals surface area contributed by atoms with Gasteiger partial charge in [-0.25, -0.2) is 8.42 Å². The first-order valence-corrected chi connectivity index (χ1v) is 8.76. The Balaban J connectivity index is 2.25. The van der Waals surface area contributed by atoms with E-state index in [1.807, 2.05) is 11.8 Å². The third-order valence-electron chi connectivity index (χ3n) is 3.18. The number of hydrogen-bond acceptors (Lipinski definition) is 4. The molecular weight excluding hydrogens is 280 g/mol. The van der Waals surface area contributed by atoms with E-state index < -0.39 is 10.0 Å². The fourth-order valence-electron chi connectivity index (χ4n) is 2.27. The Hall–Kier alpha value is -0.560. The Morgan fingerprint density at radius 3 is 2.21 bits per heavy atom. The molecule has 0 saturated carbocycles. The van der Waals surface area contributed by atoms with E-state index in [1.54, 1.807) is 28.6 Å². The molecule has 0 spiro atoms. The summed E-state index contributed by atoms with van der Waals surface area (Å²) in [6, 6.07) is 6.85. The van der Waals surface area contributed by atoms with E-state index in [9.17, 15) is 8.42 Å². The summed E-state index contributed by atoms with van der Waals surface area (Å²) in [5, 5.41) is 0.670. The van der Waals surface area contributed by atoms with Crippen molar-refractivity contribution < 1.29 is 8.42 Å². The highest BCUT2D eigenvalue weighted by molar-refractivity contribution is 8.00. The van der Waals surface area contributed by atoms with Crippen molar-refractivity contribution in [1.29, 1.82) is 0 Å². The van der Waals surface area contributed by atoms with E-state index in [-0.39, 0.29) is 0 Å². The summed E-state index contributed by atoms with van der Waals surface area (Å²) < 4.78 is 26.7. The molecule has 0 amide bonds. The second-order valence-corrected chi connectivity index (χ2v) is 8.75. The largest absolute Gasteiger partial charge is 0.326 e. The van der Waals surface area contributed by atoms with Gasteiger partial charge in [0.2, 0.25) is 10.0 Å². The van der Waals surface area contributed by atoms with Crippen LogP contribution in [0.25, 0.3) is 0 Å². The molecule has 2 unspecified atom stereocenters. The Morgan fingerprint density at radius 2 is 1.74 bits per heavy atom. The molecule has 1 saturated heterocycles. The highest BCUT2D eigenvalue weighted by Gasteiger charge is 2.31. The van der Waals surface area contributed by atoms with Crippen LogP contribution in [0.15, 0.2) is 29.2 Å². The molecule has 0 aromatic heterocycles.